The molecule has 154 valence electrons. The van der Waals surface area contributed by atoms with Gasteiger partial charge in [-0.15, -0.1) is 11.8 Å². The van der Waals surface area contributed by atoms with Crippen LogP contribution >= 0.6 is 11.8 Å². The van der Waals surface area contributed by atoms with E-state index in [1.165, 1.54) is 11.8 Å². The number of carbonyl (C=O) groups is 3. The molecule has 2 amide bonds. The van der Waals surface area contributed by atoms with Crippen molar-refractivity contribution >= 4 is 46.2 Å². The lowest BCUT2D eigenvalue weighted by atomic mass is 10.2. The Morgan fingerprint density at radius 1 is 1.23 bits per heavy atom. The summed E-state index contributed by atoms with van der Waals surface area (Å²) in [6, 6.07) is 14.0. The lowest BCUT2D eigenvalue weighted by Crippen LogP contribution is -2.31. The largest absolute Gasteiger partial charge is 0.459 e. The van der Waals surface area contributed by atoms with E-state index in [2.05, 4.69) is 10.6 Å². The topological polar surface area (TPSA) is 97.6 Å². The van der Waals surface area contributed by atoms with Crippen molar-refractivity contribution in [1.82, 2.24) is 5.32 Å². The number of ether oxygens (including phenoxy) is 1. The summed E-state index contributed by atoms with van der Waals surface area (Å²) in [6.45, 7) is 3.19. The number of benzene rings is 2. The van der Waals surface area contributed by atoms with Gasteiger partial charge in [0.05, 0.1) is 22.5 Å². The molecular formula is C22H20N2O5S. The minimum absolute atomic E-state index is 0.114. The lowest BCUT2D eigenvalue weighted by molar-refractivity contribution is -0.125. The predicted molar refractivity (Wildman–Crippen MR) is 113 cm³/mol. The first-order valence-corrected chi connectivity index (χ1v) is 10.3. The maximum absolute atomic E-state index is 12.3. The second-order valence-corrected chi connectivity index (χ2v) is 8.39. The van der Waals surface area contributed by atoms with Crippen molar-refractivity contribution in [1.29, 1.82) is 0 Å². The van der Waals surface area contributed by atoms with Crippen LogP contribution in [0.2, 0.25) is 0 Å². The number of para-hydroxylation sites is 1. The van der Waals surface area contributed by atoms with Crippen LogP contribution in [-0.4, -0.2) is 29.6 Å². The van der Waals surface area contributed by atoms with Gasteiger partial charge >= 0.3 is 5.97 Å². The van der Waals surface area contributed by atoms with E-state index >= 15 is 0 Å². The van der Waals surface area contributed by atoms with Gasteiger partial charge < -0.3 is 19.8 Å². The summed E-state index contributed by atoms with van der Waals surface area (Å²) >= 11 is 1.43. The monoisotopic (exact) mass is 424 g/mol. The number of esters is 1. The van der Waals surface area contributed by atoms with E-state index in [9.17, 15) is 14.4 Å². The van der Waals surface area contributed by atoms with Crippen molar-refractivity contribution in [2.45, 2.75) is 30.0 Å². The van der Waals surface area contributed by atoms with Crippen molar-refractivity contribution in [3.05, 3.63) is 59.9 Å². The van der Waals surface area contributed by atoms with Crippen LogP contribution in [0.25, 0.3) is 11.0 Å². The fourth-order valence-corrected chi connectivity index (χ4v) is 4.05. The van der Waals surface area contributed by atoms with Gasteiger partial charge in [-0.1, -0.05) is 18.2 Å². The maximum Gasteiger partial charge on any atom is 0.338 e. The average molecular weight is 424 g/mol. The van der Waals surface area contributed by atoms with Gasteiger partial charge in [0.25, 0.3) is 5.91 Å². The van der Waals surface area contributed by atoms with Crippen LogP contribution in [0.5, 0.6) is 0 Å². The van der Waals surface area contributed by atoms with Gasteiger partial charge in [-0.25, -0.2) is 4.79 Å². The van der Waals surface area contributed by atoms with Crippen LogP contribution in [0.4, 0.5) is 5.69 Å². The van der Waals surface area contributed by atoms with Gasteiger partial charge in [0.2, 0.25) is 5.91 Å². The number of amides is 2. The molecule has 0 radical (unpaired) electrons. The van der Waals surface area contributed by atoms with Crippen LogP contribution in [-0.2, 0) is 14.3 Å². The normalized spacial score (nSPS) is 16.5. The number of fused-ring (bicyclic) bond motifs is 2. The number of anilines is 1. The molecule has 7 nitrogen and oxygen atoms in total. The molecule has 30 heavy (non-hydrogen) atoms. The Morgan fingerprint density at radius 3 is 2.83 bits per heavy atom. The number of furan rings is 1. The summed E-state index contributed by atoms with van der Waals surface area (Å²) in [5.74, 6) is -0.570. The molecule has 0 spiro atoms. The van der Waals surface area contributed by atoms with Gasteiger partial charge in [0.1, 0.15) is 11.3 Å². The van der Waals surface area contributed by atoms with E-state index < -0.39 is 18.5 Å². The number of thioether (sulfide) groups is 1. The number of hydrogen-bond donors (Lipinski definition) is 2. The molecule has 1 aliphatic rings. The number of carbonyl (C=O) groups excluding carboxylic acids is 3. The standard InChI is InChI=1S/C22H20N2O5S/c1-12(18-10-14-5-3-4-6-17(14)29-18)23-20(25)11-28-22(27)15-7-8-19-16(9-15)24-21(26)13(2)30-19/h3-10,12-13H,11H2,1-2H3,(H,23,25)(H,24,26)/t12-,13+/m1/s1. The Bertz CT molecular complexity index is 1110. The van der Waals surface area contributed by atoms with Gasteiger partial charge in [0.15, 0.2) is 6.61 Å². The minimum Gasteiger partial charge on any atom is -0.459 e. The molecule has 2 aromatic carbocycles. The van der Waals surface area contributed by atoms with Crippen molar-refractivity contribution in [2.75, 3.05) is 11.9 Å². The summed E-state index contributed by atoms with van der Waals surface area (Å²) in [5, 5.41) is 6.29. The molecule has 0 bridgehead atoms. The highest BCUT2D eigenvalue weighted by Gasteiger charge is 2.24. The third-order valence-electron chi connectivity index (χ3n) is 4.73. The van der Waals surface area contributed by atoms with E-state index in [-0.39, 0.29) is 22.8 Å². The van der Waals surface area contributed by atoms with Crippen molar-refractivity contribution < 1.29 is 23.5 Å². The van der Waals surface area contributed by atoms with Gasteiger partial charge in [0, 0.05) is 10.3 Å². The van der Waals surface area contributed by atoms with Crippen LogP contribution in [0.1, 0.15) is 36.0 Å². The first-order valence-electron chi connectivity index (χ1n) is 9.47. The van der Waals surface area contributed by atoms with E-state index in [4.69, 9.17) is 9.15 Å². The number of rotatable bonds is 5. The first kappa shape index (κ1) is 20.0. The summed E-state index contributed by atoms with van der Waals surface area (Å²) in [6.07, 6.45) is 0. The molecule has 1 aliphatic heterocycles. The molecule has 0 saturated heterocycles. The molecular weight excluding hydrogens is 404 g/mol. The van der Waals surface area contributed by atoms with E-state index in [0.29, 0.717) is 11.4 Å². The molecule has 4 rings (SSSR count). The molecule has 0 unspecified atom stereocenters. The Morgan fingerprint density at radius 2 is 2.03 bits per heavy atom. The highest BCUT2D eigenvalue weighted by Crippen LogP contribution is 2.36. The fraction of sp³-hybridized carbons (Fsp3) is 0.227. The quantitative estimate of drug-likeness (QED) is 0.603. The zero-order valence-corrected chi connectivity index (χ0v) is 17.2. The molecule has 1 aromatic heterocycles. The van der Waals surface area contributed by atoms with Gasteiger partial charge in [-0.2, -0.15) is 0 Å². The Labute approximate surface area is 177 Å². The van der Waals surface area contributed by atoms with Crippen LogP contribution in [0.3, 0.4) is 0 Å². The SMILES string of the molecule is C[C@@H]1Sc2ccc(C(=O)OCC(=O)N[C@H](C)c3cc4ccccc4o3)cc2NC1=O. The van der Waals surface area contributed by atoms with E-state index in [1.54, 1.807) is 25.1 Å². The zero-order chi connectivity index (χ0) is 21.3. The maximum atomic E-state index is 12.3. The Hall–Kier alpha value is -3.26. The molecule has 2 N–H and O–H groups in total. The predicted octanol–water partition coefficient (Wildman–Crippen LogP) is 3.90. The third kappa shape index (κ3) is 4.18. The second-order valence-electron chi connectivity index (χ2n) is 7.01. The molecule has 3 aromatic rings. The summed E-state index contributed by atoms with van der Waals surface area (Å²) < 4.78 is 10.9. The zero-order valence-electron chi connectivity index (χ0n) is 16.4. The number of hydrogen-bond acceptors (Lipinski definition) is 6. The minimum atomic E-state index is -0.637. The highest BCUT2D eigenvalue weighted by molar-refractivity contribution is 8.00. The number of nitrogens with one attached hydrogen (secondary N) is 2. The molecule has 0 fully saturated rings. The lowest BCUT2D eigenvalue weighted by Gasteiger charge is -2.21. The summed E-state index contributed by atoms with van der Waals surface area (Å²) in [5.41, 5.74) is 1.58. The molecule has 2 heterocycles. The summed E-state index contributed by atoms with van der Waals surface area (Å²) in [4.78, 5) is 37.2. The van der Waals surface area contributed by atoms with Crippen molar-refractivity contribution in [2.24, 2.45) is 0 Å². The Balaban J connectivity index is 1.34. The van der Waals surface area contributed by atoms with E-state index in [1.807, 2.05) is 37.3 Å². The third-order valence-corrected chi connectivity index (χ3v) is 5.91. The van der Waals surface area contributed by atoms with Crippen molar-refractivity contribution in [3.63, 3.8) is 0 Å². The van der Waals surface area contributed by atoms with Crippen LogP contribution in [0.15, 0.2) is 57.8 Å². The van der Waals surface area contributed by atoms with Crippen LogP contribution in [0, 0.1) is 0 Å². The van der Waals surface area contributed by atoms with Crippen LogP contribution < -0.4 is 10.6 Å². The fourth-order valence-electron chi connectivity index (χ4n) is 3.12. The second kappa shape index (κ2) is 8.23. The summed E-state index contributed by atoms with van der Waals surface area (Å²) in [7, 11) is 0. The van der Waals surface area contributed by atoms with Gasteiger partial charge in [-0.3, -0.25) is 9.59 Å². The average Bonchev–Trinajstić information content (AvgIpc) is 3.17. The van der Waals surface area contributed by atoms with Gasteiger partial charge in [-0.05, 0) is 44.2 Å². The molecule has 0 saturated carbocycles. The van der Waals surface area contributed by atoms with E-state index in [0.717, 1.165) is 15.9 Å². The smallest absolute Gasteiger partial charge is 0.338 e. The van der Waals surface area contributed by atoms with Crippen molar-refractivity contribution in [3.8, 4) is 0 Å². The highest BCUT2D eigenvalue weighted by atomic mass is 32.2. The molecule has 0 aliphatic carbocycles. The molecule has 2 atom stereocenters. The Kier molecular flexibility index (Phi) is 5.50. The first-order chi connectivity index (χ1) is 14.4. The molecule has 8 heteroatoms.